The molecule has 1 aromatic carbocycles. The van der Waals surface area contributed by atoms with Crippen LogP contribution >= 0.6 is 0 Å². The van der Waals surface area contributed by atoms with E-state index in [0.29, 0.717) is 13.0 Å². The van der Waals surface area contributed by atoms with Crippen LogP contribution in [0.5, 0.6) is 5.75 Å². The second-order valence-electron chi connectivity index (χ2n) is 6.53. The highest BCUT2D eigenvalue weighted by Crippen LogP contribution is 2.36. The van der Waals surface area contributed by atoms with Gasteiger partial charge in [0.05, 0.1) is 17.3 Å². The topological polar surface area (TPSA) is 47.9 Å². The summed E-state index contributed by atoms with van der Waals surface area (Å²) in [7, 11) is -0.356. The van der Waals surface area contributed by atoms with Crippen LogP contribution in [0.2, 0.25) is 0 Å². The molecule has 1 saturated heterocycles. The molecule has 0 bridgehead atoms. The first-order chi connectivity index (χ1) is 9.75. The maximum atomic E-state index is 9.50. The van der Waals surface area contributed by atoms with Crippen molar-refractivity contribution in [3.63, 3.8) is 0 Å². The van der Waals surface area contributed by atoms with Crippen molar-refractivity contribution in [2.45, 2.75) is 58.3 Å². The maximum absolute atomic E-state index is 9.50. The van der Waals surface area contributed by atoms with E-state index in [1.165, 1.54) is 0 Å². The van der Waals surface area contributed by atoms with E-state index in [0.717, 1.165) is 11.2 Å². The Morgan fingerprint density at radius 2 is 1.62 bits per heavy atom. The molecule has 1 fully saturated rings. The summed E-state index contributed by atoms with van der Waals surface area (Å²) < 4.78 is 17.5. The third-order valence-electron chi connectivity index (χ3n) is 4.32. The first-order valence-electron chi connectivity index (χ1n) is 7.51. The van der Waals surface area contributed by atoms with Crippen LogP contribution in [0.3, 0.4) is 0 Å². The van der Waals surface area contributed by atoms with Gasteiger partial charge >= 0.3 is 7.12 Å². The number of benzene rings is 1. The summed E-state index contributed by atoms with van der Waals surface area (Å²) in [6, 6.07) is 7.64. The Morgan fingerprint density at radius 3 is 2.10 bits per heavy atom. The third-order valence-corrected chi connectivity index (χ3v) is 4.32. The quantitative estimate of drug-likeness (QED) is 0.845. The van der Waals surface area contributed by atoms with E-state index in [1.54, 1.807) is 0 Å². The molecule has 1 heterocycles. The second-order valence-corrected chi connectivity index (χ2v) is 6.53. The molecule has 4 nitrogen and oxygen atoms in total. The number of rotatable bonds is 5. The van der Waals surface area contributed by atoms with Crippen LogP contribution in [0.15, 0.2) is 24.3 Å². The summed E-state index contributed by atoms with van der Waals surface area (Å²) in [6.45, 7) is 10.4. The molecule has 0 saturated carbocycles. The van der Waals surface area contributed by atoms with Crippen molar-refractivity contribution >= 4 is 12.6 Å². The van der Waals surface area contributed by atoms with Gasteiger partial charge in [-0.3, -0.25) is 0 Å². The first kappa shape index (κ1) is 16.3. The Hall–Kier alpha value is -1.04. The van der Waals surface area contributed by atoms with Gasteiger partial charge < -0.3 is 19.2 Å². The Bertz CT molecular complexity index is 454. The number of aliphatic hydroxyl groups excluding tert-OH is 1. The molecule has 5 heteroatoms. The summed E-state index contributed by atoms with van der Waals surface area (Å²) in [5.41, 5.74) is 0.299. The molecule has 1 aliphatic rings. The molecule has 1 aliphatic heterocycles. The van der Waals surface area contributed by atoms with Crippen molar-refractivity contribution in [1.29, 1.82) is 0 Å². The molecule has 2 rings (SSSR count). The number of hydrogen-bond donors (Lipinski definition) is 1. The van der Waals surface area contributed by atoms with Gasteiger partial charge in [0, 0.05) is 0 Å². The SMILES string of the molecule is CC[C@H](O)COc1ccc(B2OC(C)(C)C(C)(C)O2)cc1. The van der Waals surface area contributed by atoms with Crippen molar-refractivity contribution in [3.05, 3.63) is 24.3 Å². The summed E-state index contributed by atoms with van der Waals surface area (Å²) in [5, 5.41) is 9.50. The van der Waals surface area contributed by atoms with Gasteiger partial charge in [-0.25, -0.2) is 0 Å². The fraction of sp³-hybridized carbons (Fsp3) is 0.625. The van der Waals surface area contributed by atoms with Crippen molar-refractivity contribution in [2.75, 3.05) is 6.61 Å². The second kappa shape index (κ2) is 5.99. The molecule has 21 heavy (non-hydrogen) atoms. The van der Waals surface area contributed by atoms with Gasteiger partial charge in [0.15, 0.2) is 0 Å². The minimum Gasteiger partial charge on any atom is -0.491 e. The monoisotopic (exact) mass is 292 g/mol. The Balaban J connectivity index is 2.00. The molecular formula is C16H25BO4. The van der Waals surface area contributed by atoms with Crippen molar-refractivity contribution < 1.29 is 19.2 Å². The Labute approximate surface area is 127 Å². The van der Waals surface area contributed by atoms with Crippen molar-refractivity contribution in [2.24, 2.45) is 0 Å². The molecule has 0 unspecified atom stereocenters. The molecule has 0 spiro atoms. The molecular weight excluding hydrogens is 267 g/mol. The highest BCUT2D eigenvalue weighted by Gasteiger charge is 2.51. The molecule has 0 aliphatic carbocycles. The number of hydrogen-bond acceptors (Lipinski definition) is 4. The van der Waals surface area contributed by atoms with E-state index in [2.05, 4.69) is 0 Å². The minimum atomic E-state index is -0.423. The van der Waals surface area contributed by atoms with Crippen LogP contribution in [0, 0.1) is 0 Å². The van der Waals surface area contributed by atoms with Crippen LogP contribution in [-0.4, -0.2) is 36.1 Å². The van der Waals surface area contributed by atoms with E-state index in [1.807, 2.05) is 58.9 Å². The molecule has 0 radical (unpaired) electrons. The standard InChI is InChI=1S/C16H25BO4/c1-6-13(18)11-19-14-9-7-12(8-10-14)17-20-15(2,3)16(4,5)21-17/h7-10,13,18H,6,11H2,1-5H3/t13-/m0/s1. The lowest BCUT2D eigenvalue weighted by Gasteiger charge is -2.32. The molecule has 1 atom stereocenters. The summed E-state index contributed by atoms with van der Waals surface area (Å²) in [6.07, 6.45) is 0.263. The molecule has 116 valence electrons. The maximum Gasteiger partial charge on any atom is 0.494 e. The summed E-state index contributed by atoms with van der Waals surface area (Å²) in [5.74, 6) is 0.739. The Morgan fingerprint density at radius 1 is 1.10 bits per heavy atom. The van der Waals surface area contributed by atoms with E-state index < -0.39 is 6.10 Å². The van der Waals surface area contributed by atoms with Crippen LogP contribution in [0.1, 0.15) is 41.0 Å². The van der Waals surface area contributed by atoms with E-state index in [9.17, 15) is 5.11 Å². The van der Waals surface area contributed by atoms with E-state index in [4.69, 9.17) is 14.0 Å². The smallest absolute Gasteiger partial charge is 0.491 e. The van der Waals surface area contributed by atoms with Gasteiger partial charge in [0.1, 0.15) is 12.4 Å². The van der Waals surface area contributed by atoms with Crippen molar-refractivity contribution in [3.8, 4) is 5.75 Å². The Kier molecular flexibility index (Phi) is 4.66. The lowest BCUT2D eigenvalue weighted by molar-refractivity contribution is 0.00578. The van der Waals surface area contributed by atoms with Gasteiger partial charge in [0.25, 0.3) is 0 Å². The normalized spacial score (nSPS) is 21.3. The van der Waals surface area contributed by atoms with Crippen LogP contribution in [0.4, 0.5) is 0 Å². The van der Waals surface area contributed by atoms with Crippen LogP contribution in [-0.2, 0) is 9.31 Å². The zero-order chi connectivity index (χ0) is 15.7. The highest BCUT2D eigenvalue weighted by atomic mass is 16.7. The first-order valence-corrected chi connectivity index (χ1v) is 7.51. The number of ether oxygens (including phenoxy) is 1. The van der Waals surface area contributed by atoms with Crippen LogP contribution in [0.25, 0.3) is 0 Å². The average Bonchev–Trinajstić information content (AvgIpc) is 2.65. The van der Waals surface area contributed by atoms with Gasteiger partial charge in [-0.15, -0.1) is 0 Å². The summed E-state index contributed by atoms with van der Waals surface area (Å²) in [4.78, 5) is 0. The zero-order valence-electron chi connectivity index (χ0n) is 13.6. The predicted octanol–water partition coefficient (Wildman–Crippen LogP) is 2.14. The lowest BCUT2D eigenvalue weighted by Crippen LogP contribution is -2.41. The number of aliphatic hydroxyl groups is 1. The van der Waals surface area contributed by atoms with Gasteiger partial charge in [-0.1, -0.05) is 19.1 Å². The zero-order valence-corrected chi connectivity index (χ0v) is 13.6. The highest BCUT2D eigenvalue weighted by molar-refractivity contribution is 6.62. The third kappa shape index (κ3) is 3.60. The van der Waals surface area contributed by atoms with Gasteiger partial charge in [-0.05, 0) is 51.7 Å². The summed E-state index contributed by atoms with van der Waals surface area (Å²) >= 11 is 0. The molecule has 0 aromatic heterocycles. The largest absolute Gasteiger partial charge is 0.494 e. The fourth-order valence-corrected chi connectivity index (χ4v) is 2.01. The van der Waals surface area contributed by atoms with Gasteiger partial charge in [0.2, 0.25) is 0 Å². The van der Waals surface area contributed by atoms with E-state index in [-0.39, 0.29) is 18.3 Å². The average molecular weight is 292 g/mol. The van der Waals surface area contributed by atoms with Gasteiger partial charge in [-0.2, -0.15) is 0 Å². The molecule has 1 aromatic rings. The van der Waals surface area contributed by atoms with Crippen molar-refractivity contribution in [1.82, 2.24) is 0 Å². The molecule has 1 N–H and O–H groups in total. The fourth-order valence-electron chi connectivity index (χ4n) is 2.01. The van der Waals surface area contributed by atoms with Crippen LogP contribution < -0.4 is 10.2 Å². The lowest BCUT2D eigenvalue weighted by atomic mass is 9.79. The predicted molar refractivity (Wildman–Crippen MR) is 84.0 cm³/mol. The molecule has 0 amide bonds. The minimum absolute atomic E-state index is 0.312. The van der Waals surface area contributed by atoms with E-state index >= 15 is 0 Å².